The number of rotatable bonds is 7. The third-order valence-corrected chi connectivity index (χ3v) is 6.28. The lowest BCUT2D eigenvalue weighted by atomic mass is 10.3. The highest BCUT2D eigenvalue weighted by atomic mass is 32.2. The topological polar surface area (TPSA) is 76.0 Å². The predicted molar refractivity (Wildman–Crippen MR) is 83.8 cm³/mol. The van der Waals surface area contributed by atoms with Crippen molar-refractivity contribution in [1.29, 1.82) is 0 Å². The molecule has 0 aliphatic heterocycles. The van der Waals surface area contributed by atoms with Crippen molar-refractivity contribution in [2.45, 2.75) is 37.2 Å². The Balaban J connectivity index is 2.09. The van der Waals surface area contributed by atoms with Crippen LogP contribution in [0.4, 0.5) is 0 Å². The summed E-state index contributed by atoms with van der Waals surface area (Å²) in [4.78, 5) is 1.04. The summed E-state index contributed by atoms with van der Waals surface area (Å²) < 4.78 is 29.5. The highest BCUT2D eigenvalue weighted by Gasteiger charge is 2.21. The number of nitrogens with one attached hydrogen (secondary N) is 2. The summed E-state index contributed by atoms with van der Waals surface area (Å²) in [6.45, 7) is 4.93. The van der Waals surface area contributed by atoms with Crippen LogP contribution in [0.2, 0.25) is 0 Å². The molecule has 0 fully saturated rings. The molecule has 0 spiro atoms. The largest absolute Gasteiger partial charge is 0.315 e. The van der Waals surface area contributed by atoms with Gasteiger partial charge in [0.2, 0.25) is 10.0 Å². The quantitative estimate of drug-likeness (QED) is 0.804. The smallest absolute Gasteiger partial charge is 0.250 e. The molecule has 2 heterocycles. The van der Waals surface area contributed by atoms with Crippen molar-refractivity contribution in [2.75, 3.05) is 7.05 Å². The van der Waals surface area contributed by atoms with Crippen molar-refractivity contribution in [2.24, 2.45) is 0 Å². The van der Waals surface area contributed by atoms with Gasteiger partial charge in [0.1, 0.15) is 4.21 Å². The van der Waals surface area contributed by atoms with Gasteiger partial charge in [0.25, 0.3) is 0 Å². The van der Waals surface area contributed by atoms with Gasteiger partial charge in [0.05, 0.1) is 6.54 Å². The molecule has 2 aromatic rings. The minimum atomic E-state index is -3.48. The molecular formula is C13H20N4O2S2. The Morgan fingerprint density at radius 1 is 1.48 bits per heavy atom. The molecule has 0 saturated heterocycles. The number of aromatic nitrogens is 2. The Labute approximate surface area is 129 Å². The van der Waals surface area contributed by atoms with Crippen molar-refractivity contribution >= 4 is 21.4 Å². The van der Waals surface area contributed by atoms with Crippen molar-refractivity contribution in [1.82, 2.24) is 19.8 Å². The first-order valence-electron chi connectivity index (χ1n) is 6.66. The SMILES string of the molecule is CNCc1sc(S(=O)(=O)NC(C)Cn2cccn2)cc1C. The summed E-state index contributed by atoms with van der Waals surface area (Å²) in [7, 11) is -1.64. The minimum Gasteiger partial charge on any atom is -0.315 e. The second-order valence-corrected chi connectivity index (χ2v) is 8.03. The number of sulfonamides is 1. The maximum Gasteiger partial charge on any atom is 0.250 e. The van der Waals surface area contributed by atoms with E-state index in [0.717, 1.165) is 10.4 Å². The summed E-state index contributed by atoms with van der Waals surface area (Å²) in [6.07, 6.45) is 3.49. The van der Waals surface area contributed by atoms with E-state index in [2.05, 4.69) is 15.1 Å². The first kappa shape index (κ1) is 16.2. The number of thiophene rings is 1. The minimum absolute atomic E-state index is 0.231. The first-order valence-corrected chi connectivity index (χ1v) is 8.96. The van der Waals surface area contributed by atoms with E-state index >= 15 is 0 Å². The lowest BCUT2D eigenvalue weighted by molar-refractivity contribution is 0.494. The fourth-order valence-electron chi connectivity index (χ4n) is 2.01. The molecule has 1 atom stereocenters. The van der Waals surface area contributed by atoms with E-state index < -0.39 is 10.0 Å². The Hall–Kier alpha value is -1.22. The molecule has 21 heavy (non-hydrogen) atoms. The molecule has 2 aromatic heterocycles. The molecule has 0 aromatic carbocycles. The van der Waals surface area contributed by atoms with Crippen LogP contribution in [0.1, 0.15) is 17.4 Å². The van der Waals surface area contributed by atoms with Gasteiger partial charge in [-0.2, -0.15) is 5.10 Å². The molecule has 8 heteroatoms. The summed E-state index contributed by atoms with van der Waals surface area (Å²) >= 11 is 1.31. The zero-order valence-electron chi connectivity index (χ0n) is 12.3. The van der Waals surface area contributed by atoms with Gasteiger partial charge in [-0.15, -0.1) is 11.3 Å². The van der Waals surface area contributed by atoms with Crippen molar-refractivity contribution in [3.8, 4) is 0 Å². The van der Waals surface area contributed by atoms with Crippen LogP contribution in [-0.4, -0.2) is 31.3 Å². The van der Waals surface area contributed by atoms with Crippen molar-refractivity contribution in [3.05, 3.63) is 35.0 Å². The van der Waals surface area contributed by atoms with E-state index in [4.69, 9.17) is 0 Å². The molecule has 0 saturated carbocycles. The second-order valence-electron chi connectivity index (χ2n) is 4.95. The van der Waals surface area contributed by atoms with E-state index in [1.165, 1.54) is 11.3 Å². The van der Waals surface area contributed by atoms with Gasteiger partial charge in [0, 0.05) is 29.9 Å². The van der Waals surface area contributed by atoms with Crippen LogP contribution in [0.5, 0.6) is 0 Å². The second kappa shape index (κ2) is 6.69. The Kier molecular flexibility index (Phi) is 5.15. The van der Waals surface area contributed by atoms with Crippen LogP contribution in [-0.2, 0) is 23.1 Å². The van der Waals surface area contributed by atoms with Crippen LogP contribution >= 0.6 is 11.3 Å². The molecular weight excluding hydrogens is 308 g/mol. The summed E-state index contributed by atoms with van der Waals surface area (Å²) in [6, 6.07) is 3.30. The Morgan fingerprint density at radius 3 is 2.86 bits per heavy atom. The van der Waals surface area contributed by atoms with Gasteiger partial charge in [-0.25, -0.2) is 13.1 Å². The fraction of sp³-hybridized carbons (Fsp3) is 0.462. The van der Waals surface area contributed by atoms with Crippen LogP contribution in [0.15, 0.2) is 28.7 Å². The number of aryl methyl sites for hydroxylation is 1. The van der Waals surface area contributed by atoms with Crippen LogP contribution in [0.25, 0.3) is 0 Å². The van der Waals surface area contributed by atoms with Crippen LogP contribution in [0, 0.1) is 6.92 Å². The van der Waals surface area contributed by atoms with E-state index in [9.17, 15) is 8.42 Å². The van der Waals surface area contributed by atoms with Crippen LogP contribution < -0.4 is 10.0 Å². The van der Waals surface area contributed by atoms with E-state index in [-0.39, 0.29) is 6.04 Å². The normalized spacial score (nSPS) is 13.5. The lowest BCUT2D eigenvalue weighted by Gasteiger charge is -2.13. The highest BCUT2D eigenvalue weighted by Crippen LogP contribution is 2.26. The molecule has 0 aliphatic carbocycles. The molecule has 0 aliphatic rings. The maximum atomic E-state index is 12.4. The van der Waals surface area contributed by atoms with Gasteiger partial charge < -0.3 is 5.32 Å². The number of hydrogen-bond donors (Lipinski definition) is 2. The third-order valence-electron chi connectivity index (χ3n) is 2.98. The van der Waals surface area contributed by atoms with Gasteiger partial charge in [-0.1, -0.05) is 0 Å². The maximum absolute atomic E-state index is 12.4. The predicted octanol–water partition coefficient (Wildman–Crippen LogP) is 1.34. The van der Waals surface area contributed by atoms with E-state index in [1.54, 1.807) is 16.9 Å². The van der Waals surface area contributed by atoms with Gasteiger partial charge in [0.15, 0.2) is 0 Å². The van der Waals surface area contributed by atoms with Gasteiger partial charge in [-0.05, 0) is 38.6 Å². The molecule has 2 N–H and O–H groups in total. The summed E-state index contributed by atoms with van der Waals surface area (Å²) in [5, 5.41) is 7.12. The van der Waals surface area contributed by atoms with E-state index in [1.807, 2.05) is 33.2 Å². The number of hydrogen-bond acceptors (Lipinski definition) is 5. The van der Waals surface area contributed by atoms with Gasteiger partial charge >= 0.3 is 0 Å². The fourth-order valence-corrected chi connectivity index (χ4v) is 4.86. The average Bonchev–Trinajstić information content (AvgIpc) is 3.00. The lowest BCUT2D eigenvalue weighted by Crippen LogP contribution is -2.35. The summed E-state index contributed by atoms with van der Waals surface area (Å²) in [5.41, 5.74) is 0.995. The third kappa shape index (κ3) is 4.13. The Bertz CT molecular complexity index is 677. The Morgan fingerprint density at radius 2 is 2.24 bits per heavy atom. The molecule has 6 nitrogen and oxygen atoms in total. The van der Waals surface area contributed by atoms with Crippen molar-refractivity contribution < 1.29 is 8.42 Å². The molecule has 1 unspecified atom stereocenters. The van der Waals surface area contributed by atoms with Crippen LogP contribution in [0.3, 0.4) is 0 Å². The molecule has 0 amide bonds. The standard InChI is InChI=1S/C13H20N4O2S2/c1-10-7-13(20-12(10)8-14-3)21(18,19)16-11(2)9-17-6-4-5-15-17/h4-7,11,14,16H,8-9H2,1-3H3. The molecule has 2 rings (SSSR count). The monoisotopic (exact) mass is 328 g/mol. The number of nitrogens with zero attached hydrogens (tertiary/aromatic N) is 2. The molecule has 0 radical (unpaired) electrons. The average molecular weight is 328 g/mol. The van der Waals surface area contributed by atoms with Crippen molar-refractivity contribution in [3.63, 3.8) is 0 Å². The summed E-state index contributed by atoms with van der Waals surface area (Å²) in [5.74, 6) is 0. The van der Waals surface area contributed by atoms with Gasteiger partial charge in [-0.3, -0.25) is 4.68 Å². The molecule has 116 valence electrons. The first-order chi connectivity index (χ1) is 9.92. The zero-order chi connectivity index (χ0) is 15.5. The highest BCUT2D eigenvalue weighted by molar-refractivity contribution is 7.91. The zero-order valence-corrected chi connectivity index (χ0v) is 14.0. The molecule has 0 bridgehead atoms. The van der Waals surface area contributed by atoms with E-state index in [0.29, 0.717) is 17.3 Å².